The zero-order valence-electron chi connectivity index (χ0n) is 15.0. The SMILES string of the molecule is Cc1cc(C)cc(-c2nnc(SCC(=O)N(CC#N)c3ccccc3)o2)c1. The number of anilines is 1. The first-order chi connectivity index (χ1) is 13.1. The summed E-state index contributed by atoms with van der Waals surface area (Å²) < 4.78 is 5.68. The van der Waals surface area contributed by atoms with Crippen molar-refractivity contribution in [2.75, 3.05) is 17.2 Å². The molecule has 1 heterocycles. The number of hydrogen-bond acceptors (Lipinski definition) is 6. The van der Waals surface area contributed by atoms with E-state index in [1.165, 1.54) is 4.90 Å². The Morgan fingerprint density at radius 1 is 1.15 bits per heavy atom. The maximum absolute atomic E-state index is 12.5. The van der Waals surface area contributed by atoms with Gasteiger partial charge in [-0.2, -0.15) is 5.26 Å². The van der Waals surface area contributed by atoms with Gasteiger partial charge in [-0.05, 0) is 38.1 Å². The summed E-state index contributed by atoms with van der Waals surface area (Å²) >= 11 is 1.16. The molecule has 3 aromatic rings. The van der Waals surface area contributed by atoms with Crippen molar-refractivity contribution < 1.29 is 9.21 Å². The number of thioether (sulfide) groups is 1. The molecule has 3 rings (SSSR count). The molecule has 0 bridgehead atoms. The molecule has 0 aliphatic heterocycles. The van der Waals surface area contributed by atoms with Crippen LogP contribution in [0.3, 0.4) is 0 Å². The lowest BCUT2D eigenvalue weighted by molar-refractivity contribution is -0.116. The van der Waals surface area contributed by atoms with Gasteiger partial charge in [-0.3, -0.25) is 9.69 Å². The van der Waals surface area contributed by atoms with Gasteiger partial charge < -0.3 is 4.42 Å². The zero-order chi connectivity index (χ0) is 19.2. The fraction of sp³-hybridized carbons (Fsp3) is 0.200. The van der Waals surface area contributed by atoms with Crippen LogP contribution in [-0.2, 0) is 4.79 Å². The van der Waals surface area contributed by atoms with Crippen molar-refractivity contribution in [3.8, 4) is 17.5 Å². The van der Waals surface area contributed by atoms with Crippen molar-refractivity contribution in [2.24, 2.45) is 0 Å². The van der Waals surface area contributed by atoms with E-state index in [9.17, 15) is 4.79 Å². The van der Waals surface area contributed by atoms with Gasteiger partial charge in [0.15, 0.2) is 0 Å². The average molecular weight is 378 g/mol. The van der Waals surface area contributed by atoms with E-state index in [2.05, 4.69) is 16.3 Å². The second-order valence-corrected chi connectivity index (χ2v) is 6.94. The first kappa shape index (κ1) is 18.7. The van der Waals surface area contributed by atoms with Gasteiger partial charge in [0.1, 0.15) is 6.54 Å². The van der Waals surface area contributed by atoms with E-state index < -0.39 is 0 Å². The zero-order valence-corrected chi connectivity index (χ0v) is 15.9. The lowest BCUT2D eigenvalue weighted by Crippen LogP contribution is -2.32. The highest BCUT2D eigenvalue weighted by Crippen LogP contribution is 2.25. The number of carbonyl (C=O) groups is 1. The summed E-state index contributed by atoms with van der Waals surface area (Å²) in [4.78, 5) is 14.0. The lowest BCUT2D eigenvalue weighted by atomic mass is 10.1. The van der Waals surface area contributed by atoms with Crippen LogP contribution in [0, 0.1) is 25.2 Å². The average Bonchev–Trinajstić information content (AvgIpc) is 3.13. The molecule has 2 aromatic carbocycles. The summed E-state index contributed by atoms with van der Waals surface area (Å²) in [7, 11) is 0. The number of carbonyl (C=O) groups excluding carboxylic acids is 1. The number of amides is 1. The van der Waals surface area contributed by atoms with Crippen molar-refractivity contribution in [2.45, 2.75) is 19.1 Å². The van der Waals surface area contributed by atoms with Crippen LogP contribution >= 0.6 is 11.8 Å². The molecule has 0 saturated heterocycles. The molecule has 136 valence electrons. The minimum Gasteiger partial charge on any atom is -0.411 e. The normalized spacial score (nSPS) is 10.4. The highest BCUT2D eigenvalue weighted by Gasteiger charge is 2.18. The van der Waals surface area contributed by atoms with Crippen LogP contribution in [0.2, 0.25) is 0 Å². The molecule has 0 N–H and O–H groups in total. The molecular weight excluding hydrogens is 360 g/mol. The van der Waals surface area contributed by atoms with E-state index in [4.69, 9.17) is 9.68 Å². The first-order valence-electron chi connectivity index (χ1n) is 8.34. The Bertz CT molecular complexity index is 959. The monoisotopic (exact) mass is 378 g/mol. The Balaban J connectivity index is 1.68. The summed E-state index contributed by atoms with van der Waals surface area (Å²) in [6, 6.07) is 17.2. The van der Waals surface area contributed by atoms with Crippen LogP contribution in [0.15, 0.2) is 58.2 Å². The maximum Gasteiger partial charge on any atom is 0.277 e. The van der Waals surface area contributed by atoms with Crippen molar-refractivity contribution in [1.82, 2.24) is 10.2 Å². The summed E-state index contributed by atoms with van der Waals surface area (Å²) in [5.41, 5.74) is 3.77. The van der Waals surface area contributed by atoms with Crippen LogP contribution < -0.4 is 4.90 Å². The number of benzene rings is 2. The predicted molar refractivity (Wildman–Crippen MR) is 104 cm³/mol. The molecule has 0 aliphatic carbocycles. The number of rotatable bonds is 6. The van der Waals surface area contributed by atoms with Crippen LogP contribution in [0.1, 0.15) is 11.1 Å². The van der Waals surface area contributed by atoms with E-state index in [1.54, 1.807) is 12.1 Å². The van der Waals surface area contributed by atoms with Crippen molar-refractivity contribution in [3.05, 3.63) is 59.7 Å². The Labute approximate surface area is 161 Å². The lowest BCUT2D eigenvalue weighted by Gasteiger charge is -2.18. The Morgan fingerprint density at radius 2 is 1.85 bits per heavy atom. The van der Waals surface area contributed by atoms with Gasteiger partial charge in [-0.1, -0.05) is 47.2 Å². The quantitative estimate of drug-likeness (QED) is 0.476. The smallest absolute Gasteiger partial charge is 0.277 e. The highest BCUT2D eigenvalue weighted by atomic mass is 32.2. The molecule has 0 aliphatic rings. The second-order valence-electron chi connectivity index (χ2n) is 6.01. The Kier molecular flexibility index (Phi) is 5.89. The third-order valence-corrected chi connectivity index (χ3v) is 4.60. The number of aromatic nitrogens is 2. The molecule has 27 heavy (non-hydrogen) atoms. The molecule has 0 saturated carbocycles. The van der Waals surface area contributed by atoms with Crippen LogP contribution in [0.5, 0.6) is 0 Å². The standard InChI is InChI=1S/C20H18N4O2S/c1-14-10-15(2)12-16(11-14)19-22-23-20(26-19)27-13-18(25)24(9-8-21)17-6-4-3-5-7-17/h3-7,10-12H,9,13H2,1-2H3. The topological polar surface area (TPSA) is 83.0 Å². The fourth-order valence-corrected chi connectivity index (χ4v) is 3.33. The molecule has 7 heteroatoms. The Hall–Kier alpha value is -3.11. The van der Waals surface area contributed by atoms with E-state index in [1.807, 2.05) is 50.2 Å². The van der Waals surface area contributed by atoms with Gasteiger partial charge in [0.05, 0.1) is 11.8 Å². The van der Waals surface area contributed by atoms with Crippen LogP contribution in [-0.4, -0.2) is 28.4 Å². The molecule has 6 nitrogen and oxygen atoms in total. The van der Waals surface area contributed by atoms with Crippen LogP contribution in [0.25, 0.3) is 11.5 Å². The fourth-order valence-electron chi connectivity index (χ4n) is 2.69. The third-order valence-electron chi connectivity index (χ3n) is 3.79. The first-order valence-corrected chi connectivity index (χ1v) is 9.32. The molecule has 1 aromatic heterocycles. The number of para-hydroxylation sites is 1. The maximum atomic E-state index is 12.5. The van der Waals surface area contributed by atoms with Crippen molar-refractivity contribution in [3.63, 3.8) is 0 Å². The van der Waals surface area contributed by atoms with Crippen molar-refractivity contribution >= 4 is 23.4 Å². The van der Waals surface area contributed by atoms with E-state index in [0.29, 0.717) is 16.8 Å². The summed E-state index contributed by atoms with van der Waals surface area (Å²) in [5.74, 6) is 0.331. The minimum absolute atomic E-state index is 0.0128. The third kappa shape index (κ3) is 4.74. The van der Waals surface area contributed by atoms with Gasteiger partial charge in [0.25, 0.3) is 5.22 Å². The number of nitriles is 1. The number of aryl methyl sites for hydroxylation is 2. The van der Waals surface area contributed by atoms with Gasteiger partial charge in [0, 0.05) is 11.3 Å². The largest absolute Gasteiger partial charge is 0.411 e. The van der Waals surface area contributed by atoms with Gasteiger partial charge in [-0.25, -0.2) is 0 Å². The molecular formula is C20H18N4O2S. The second kappa shape index (κ2) is 8.52. The van der Waals surface area contributed by atoms with Gasteiger partial charge in [0.2, 0.25) is 11.8 Å². The van der Waals surface area contributed by atoms with Crippen molar-refractivity contribution in [1.29, 1.82) is 5.26 Å². The summed E-state index contributed by atoms with van der Waals surface area (Å²) in [6.45, 7) is 4.00. The molecule has 0 atom stereocenters. The number of nitrogens with zero attached hydrogens (tertiary/aromatic N) is 4. The van der Waals surface area contributed by atoms with E-state index >= 15 is 0 Å². The molecule has 0 spiro atoms. The molecule has 1 amide bonds. The van der Waals surface area contributed by atoms with Gasteiger partial charge in [-0.15, -0.1) is 10.2 Å². The molecule has 0 radical (unpaired) electrons. The summed E-state index contributed by atoms with van der Waals surface area (Å²) in [5, 5.41) is 17.4. The number of hydrogen-bond donors (Lipinski definition) is 0. The molecule has 0 unspecified atom stereocenters. The minimum atomic E-state index is -0.195. The van der Waals surface area contributed by atoms with Gasteiger partial charge >= 0.3 is 0 Å². The predicted octanol–water partition coefficient (Wildman–Crippen LogP) is 4.00. The van der Waals surface area contributed by atoms with E-state index in [-0.39, 0.29) is 18.2 Å². The highest BCUT2D eigenvalue weighted by molar-refractivity contribution is 7.99. The van der Waals surface area contributed by atoms with E-state index in [0.717, 1.165) is 28.5 Å². The summed E-state index contributed by atoms with van der Waals surface area (Å²) in [6.07, 6.45) is 0. The Morgan fingerprint density at radius 3 is 2.52 bits per heavy atom. The van der Waals surface area contributed by atoms with Crippen LogP contribution in [0.4, 0.5) is 5.69 Å². The molecule has 0 fully saturated rings.